The Bertz CT molecular complexity index is 1270. The van der Waals surface area contributed by atoms with Crippen LogP contribution in [0.25, 0.3) is 10.9 Å². The Kier molecular flexibility index (Phi) is 6.48. The summed E-state index contributed by atoms with van der Waals surface area (Å²) in [7, 11) is 0. The minimum Gasteiger partial charge on any atom is -0.491 e. The van der Waals surface area contributed by atoms with Crippen LogP contribution in [0.4, 0.5) is 0 Å². The monoisotopic (exact) mass is 452 g/mol. The van der Waals surface area contributed by atoms with Gasteiger partial charge in [-0.3, -0.25) is 14.4 Å². The molecular formula is C24H24N2O7. The van der Waals surface area contributed by atoms with Crippen LogP contribution in [0.5, 0.6) is 17.2 Å². The average molecular weight is 452 g/mol. The van der Waals surface area contributed by atoms with Crippen LogP contribution in [0, 0.1) is 6.92 Å². The van der Waals surface area contributed by atoms with Crippen LogP contribution in [-0.4, -0.2) is 35.4 Å². The zero-order valence-corrected chi connectivity index (χ0v) is 18.1. The summed E-state index contributed by atoms with van der Waals surface area (Å²) in [6.45, 7) is 2.58. The molecule has 3 aromatic rings. The number of nitrogens with one attached hydrogen (secondary N) is 2. The number of rotatable bonds is 9. The number of carboxylic acid groups (broad SMARTS) is 1. The van der Waals surface area contributed by atoms with Crippen LogP contribution >= 0.6 is 0 Å². The van der Waals surface area contributed by atoms with E-state index in [1.54, 1.807) is 18.2 Å². The lowest BCUT2D eigenvalue weighted by molar-refractivity contribution is -0.137. The second kappa shape index (κ2) is 9.64. The van der Waals surface area contributed by atoms with Gasteiger partial charge in [-0.05, 0) is 49.1 Å². The SMILES string of the molecule is Cc1ccc2cc(C(=O)NCc3ccc4c(c3)OCO4)c(=O)[nH]c2c1OCCCCC(=O)O. The average Bonchev–Trinajstić information content (AvgIpc) is 3.26. The first kappa shape index (κ1) is 22.2. The van der Waals surface area contributed by atoms with Crippen molar-refractivity contribution in [2.24, 2.45) is 0 Å². The number of amides is 1. The summed E-state index contributed by atoms with van der Waals surface area (Å²) >= 11 is 0. The second-order valence-electron chi connectivity index (χ2n) is 7.76. The molecule has 0 spiro atoms. The number of hydrogen-bond donors (Lipinski definition) is 3. The van der Waals surface area contributed by atoms with Gasteiger partial charge in [-0.15, -0.1) is 0 Å². The third kappa shape index (κ3) is 5.08. The highest BCUT2D eigenvalue weighted by atomic mass is 16.7. The van der Waals surface area contributed by atoms with E-state index in [9.17, 15) is 14.4 Å². The van der Waals surface area contributed by atoms with Gasteiger partial charge in [0.2, 0.25) is 6.79 Å². The fourth-order valence-electron chi connectivity index (χ4n) is 3.59. The van der Waals surface area contributed by atoms with Crippen LogP contribution in [0.3, 0.4) is 0 Å². The minimum absolute atomic E-state index is 0.000459. The molecule has 1 aliphatic heterocycles. The number of carbonyl (C=O) groups excluding carboxylic acids is 1. The fraction of sp³-hybridized carbons (Fsp3) is 0.292. The molecule has 0 fully saturated rings. The molecule has 0 radical (unpaired) electrons. The molecule has 9 heteroatoms. The van der Waals surface area contributed by atoms with Gasteiger partial charge >= 0.3 is 5.97 Å². The first-order valence-electron chi connectivity index (χ1n) is 10.6. The molecule has 0 bridgehead atoms. The van der Waals surface area contributed by atoms with Crippen molar-refractivity contribution in [3.05, 3.63) is 63.4 Å². The standard InChI is InChI=1S/C24H24N2O7/c1-14-5-7-16-11-17(23(29)25-12-15-6-8-18-19(10-15)33-13-32-18)24(30)26-21(16)22(14)31-9-3-2-4-20(27)28/h5-8,10-11H,2-4,9,12-13H2,1H3,(H,25,29)(H,26,30)(H,27,28). The van der Waals surface area contributed by atoms with Gasteiger partial charge < -0.3 is 29.6 Å². The molecule has 0 unspecified atom stereocenters. The van der Waals surface area contributed by atoms with Crippen molar-refractivity contribution >= 4 is 22.8 Å². The summed E-state index contributed by atoms with van der Waals surface area (Å²) in [4.78, 5) is 38.8. The van der Waals surface area contributed by atoms with Crippen molar-refractivity contribution in [3.8, 4) is 17.2 Å². The van der Waals surface area contributed by atoms with Crippen LogP contribution in [-0.2, 0) is 11.3 Å². The Labute approximate surface area is 189 Å². The van der Waals surface area contributed by atoms with Crippen molar-refractivity contribution in [3.63, 3.8) is 0 Å². The van der Waals surface area contributed by atoms with E-state index < -0.39 is 17.4 Å². The van der Waals surface area contributed by atoms with Crippen molar-refractivity contribution in [2.45, 2.75) is 32.7 Å². The Hall–Kier alpha value is -4.01. The summed E-state index contributed by atoms with van der Waals surface area (Å²) in [6, 6.07) is 10.6. The van der Waals surface area contributed by atoms with Crippen molar-refractivity contribution in [2.75, 3.05) is 13.4 Å². The molecule has 4 rings (SSSR count). The van der Waals surface area contributed by atoms with Crippen molar-refractivity contribution in [1.29, 1.82) is 0 Å². The molecule has 0 atom stereocenters. The van der Waals surface area contributed by atoms with Gasteiger partial charge in [-0.2, -0.15) is 0 Å². The Morgan fingerprint density at radius 2 is 1.94 bits per heavy atom. The summed E-state index contributed by atoms with van der Waals surface area (Å²) in [6.07, 6.45) is 1.16. The summed E-state index contributed by atoms with van der Waals surface area (Å²) in [5.41, 5.74) is 1.63. The van der Waals surface area contributed by atoms with E-state index in [2.05, 4.69) is 10.3 Å². The second-order valence-corrected chi connectivity index (χ2v) is 7.76. The molecule has 1 aromatic heterocycles. The lowest BCUT2D eigenvalue weighted by Crippen LogP contribution is -2.29. The maximum atomic E-state index is 12.7. The Morgan fingerprint density at radius 1 is 1.12 bits per heavy atom. The maximum Gasteiger partial charge on any atom is 0.303 e. The van der Waals surface area contributed by atoms with E-state index in [0.29, 0.717) is 47.6 Å². The largest absolute Gasteiger partial charge is 0.491 e. The molecule has 33 heavy (non-hydrogen) atoms. The number of aryl methyl sites for hydroxylation is 1. The third-order valence-electron chi connectivity index (χ3n) is 5.34. The molecule has 1 amide bonds. The lowest BCUT2D eigenvalue weighted by Gasteiger charge is -2.13. The lowest BCUT2D eigenvalue weighted by atomic mass is 10.1. The molecule has 0 saturated carbocycles. The predicted molar refractivity (Wildman–Crippen MR) is 120 cm³/mol. The van der Waals surface area contributed by atoms with Crippen molar-refractivity contribution in [1.82, 2.24) is 10.3 Å². The Balaban J connectivity index is 1.47. The summed E-state index contributed by atoms with van der Waals surface area (Å²) in [5.74, 6) is 0.465. The van der Waals surface area contributed by atoms with Gasteiger partial charge in [0, 0.05) is 18.4 Å². The smallest absolute Gasteiger partial charge is 0.303 e. The molecule has 1 aliphatic rings. The highest BCUT2D eigenvalue weighted by Crippen LogP contribution is 2.32. The number of H-pyrrole nitrogens is 1. The number of hydrogen-bond acceptors (Lipinski definition) is 6. The number of benzene rings is 2. The van der Waals surface area contributed by atoms with E-state index in [0.717, 1.165) is 11.1 Å². The number of ether oxygens (including phenoxy) is 3. The van der Waals surface area contributed by atoms with Gasteiger partial charge in [0.15, 0.2) is 11.5 Å². The topological polar surface area (TPSA) is 127 Å². The van der Waals surface area contributed by atoms with Crippen molar-refractivity contribution < 1.29 is 28.9 Å². The zero-order valence-electron chi connectivity index (χ0n) is 18.1. The molecule has 2 heterocycles. The molecule has 0 saturated heterocycles. The van der Waals surface area contributed by atoms with E-state index >= 15 is 0 Å². The molecular weight excluding hydrogens is 428 g/mol. The van der Waals surface area contributed by atoms with Gasteiger partial charge in [-0.25, -0.2) is 0 Å². The fourth-order valence-corrected chi connectivity index (χ4v) is 3.59. The predicted octanol–water partition coefficient (Wildman–Crippen LogP) is 3.13. The molecule has 0 aliphatic carbocycles. The number of pyridine rings is 1. The van der Waals surface area contributed by atoms with Crippen LogP contribution < -0.4 is 25.1 Å². The highest BCUT2D eigenvalue weighted by Gasteiger charge is 2.17. The molecule has 2 aromatic carbocycles. The minimum atomic E-state index is -0.843. The van der Waals surface area contributed by atoms with Gasteiger partial charge in [-0.1, -0.05) is 18.2 Å². The normalized spacial score (nSPS) is 12.0. The molecule has 9 nitrogen and oxygen atoms in total. The zero-order chi connectivity index (χ0) is 23.4. The number of carboxylic acids is 1. The van der Waals surface area contributed by atoms with Crippen LogP contribution in [0.2, 0.25) is 0 Å². The van der Waals surface area contributed by atoms with Crippen LogP contribution in [0.1, 0.15) is 40.7 Å². The van der Waals surface area contributed by atoms with Gasteiger partial charge in [0.1, 0.15) is 11.3 Å². The van der Waals surface area contributed by atoms with E-state index in [1.165, 1.54) is 0 Å². The first-order valence-corrected chi connectivity index (χ1v) is 10.6. The van der Waals surface area contributed by atoms with Gasteiger partial charge in [0.05, 0.1) is 12.1 Å². The quantitative estimate of drug-likeness (QED) is 0.426. The number of unbranched alkanes of at least 4 members (excludes halogenated alkanes) is 1. The number of aromatic nitrogens is 1. The Morgan fingerprint density at radius 3 is 2.76 bits per heavy atom. The van der Waals surface area contributed by atoms with E-state index in [-0.39, 0.29) is 25.3 Å². The van der Waals surface area contributed by atoms with E-state index in [4.69, 9.17) is 19.3 Å². The molecule has 3 N–H and O–H groups in total. The number of aliphatic carboxylic acids is 1. The molecule has 172 valence electrons. The van der Waals surface area contributed by atoms with E-state index in [1.807, 2.05) is 25.1 Å². The number of fused-ring (bicyclic) bond motifs is 2. The third-order valence-corrected chi connectivity index (χ3v) is 5.34. The highest BCUT2D eigenvalue weighted by molar-refractivity contribution is 5.98. The summed E-state index contributed by atoms with van der Waals surface area (Å²) < 4.78 is 16.5. The van der Waals surface area contributed by atoms with Gasteiger partial charge in [0.25, 0.3) is 11.5 Å². The summed E-state index contributed by atoms with van der Waals surface area (Å²) in [5, 5.41) is 12.2. The first-order chi connectivity index (χ1) is 15.9. The number of carbonyl (C=O) groups is 2. The van der Waals surface area contributed by atoms with Crippen LogP contribution in [0.15, 0.2) is 41.2 Å². The number of aromatic amines is 1. The maximum absolute atomic E-state index is 12.7.